The Bertz CT molecular complexity index is 1100. The maximum absolute atomic E-state index is 12.6. The minimum absolute atomic E-state index is 0.0700. The zero-order valence-electron chi connectivity index (χ0n) is 16.1. The molecule has 0 bridgehead atoms. The van der Waals surface area contributed by atoms with E-state index in [-0.39, 0.29) is 80.5 Å². The first-order valence-electron chi connectivity index (χ1n) is 9.23. The molecule has 0 unspecified atom stereocenters. The average molecular weight is 616 g/mol. The quantitative estimate of drug-likeness (QED) is 0.151. The summed E-state index contributed by atoms with van der Waals surface area (Å²) in [4.78, 5) is 56.5. The molecule has 11 heteroatoms. The molecule has 0 fully saturated rings. The number of hydrogen-bond acceptors (Lipinski definition) is 8. The van der Waals surface area contributed by atoms with Crippen LogP contribution in [0.3, 0.4) is 0 Å². The van der Waals surface area contributed by atoms with Crippen molar-refractivity contribution in [3.63, 3.8) is 0 Å². The summed E-state index contributed by atoms with van der Waals surface area (Å²) in [6.07, 6.45) is 0. The first-order chi connectivity index (χ1) is 15.0. The second kappa shape index (κ2) is 8.82. The van der Waals surface area contributed by atoms with E-state index < -0.39 is 23.6 Å². The van der Waals surface area contributed by atoms with Gasteiger partial charge in [0.15, 0.2) is 0 Å². The van der Waals surface area contributed by atoms with Crippen molar-refractivity contribution < 1.29 is 36.7 Å². The Morgan fingerprint density at radius 2 is 1.23 bits per heavy atom. The molecule has 0 spiro atoms. The van der Waals surface area contributed by atoms with E-state index in [1.807, 2.05) is 0 Å². The van der Waals surface area contributed by atoms with Gasteiger partial charge in [0.25, 0.3) is 11.8 Å². The number of amides is 4. The van der Waals surface area contributed by atoms with Gasteiger partial charge in [-0.15, -0.1) is 0 Å². The van der Waals surface area contributed by atoms with Gasteiger partial charge >= 0.3 is 131 Å². The number of benzene rings is 2. The Hall–Kier alpha value is -2.68. The van der Waals surface area contributed by atoms with E-state index in [4.69, 9.17) is 14.7 Å². The molecule has 2 aliphatic heterocycles. The van der Waals surface area contributed by atoms with Crippen LogP contribution in [0.15, 0.2) is 36.4 Å². The second-order valence-electron chi connectivity index (χ2n) is 6.68. The molecule has 0 radical (unpaired) electrons. The van der Waals surface area contributed by atoms with Crippen LogP contribution >= 0.6 is 0 Å². The van der Waals surface area contributed by atoms with Crippen LogP contribution in [0.2, 0.25) is 0 Å². The van der Waals surface area contributed by atoms with E-state index in [0.29, 0.717) is 5.75 Å². The van der Waals surface area contributed by atoms with Crippen LogP contribution in [0.4, 0.5) is 0 Å². The second-order valence-corrected chi connectivity index (χ2v) is 7.43. The van der Waals surface area contributed by atoms with Gasteiger partial charge in [-0.2, -0.15) is 0 Å². The number of imide groups is 2. The van der Waals surface area contributed by atoms with Gasteiger partial charge in [0.05, 0.1) is 24.3 Å². The van der Waals surface area contributed by atoms with Gasteiger partial charge < -0.3 is 5.11 Å². The fraction of sp³-hybridized carbons (Fsp3) is 0.200. The summed E-state index contributed by atoms with van der Waals surface area (Å²) >= 11 is 0.192. The molecule has 0 saturated heterocycles. The topological polar surface area (TPSA) is 123 Å². The van der Waals surface area contributed by atoms with Gasteiger partial charge in [0.1, 0.15) is 0 Å². The monoisotopic (exact) mass is 616 g/mol. The Balaban J connectivity index is 1.54. The molecule has 1 N–H and O–H groups in total. The molecule has 10 nitrogen and oxygen atoms in total. The van der Waals surface area contributed by atoms with Crippen molar-refractivity contribution in [2.45, 2.75) is 0 Å². The number of carbonyl (C=O) groups excluding carboxylic acids is 4. The van der Waals surface area contributed by atoms with Crippen molar-refractivity contribution >= 4 is 49.8 Å². The van der Waals surface area contributed by atoms with Crippen LogP contribution in [0.5, 0.6) is 11.5 Å². The average Bonchev–Trinajstić information content (AvgIpc) is 3.14. The van der Waals surface area contributed by atoms with E-state index in [2.05, 4.69) is 2.84 Å². The zero-order valence-corrected chi connectivity index (χ0v) is 20.6. The minimum Gasteiger partial charge on any atom is -0.395 e. The summed E-state index contributed by atoms with van der Waals surface area (Å²) in [5.74, 6) is -1.27. The predicted octanol–water partition coefficient (Wildman–Crippen LogP) is 0.695. The van der Waals surface area contributed by atoms with Crippen LogP contribution in [0, 0.1) is 0 Å². The first kappa shape index (κ1) is 21.6. The molecule has 0 aromatic heterocycles. The molecular formula is C20H15N2O8Tl. The van der Waals surface area contributed by atoms with E-state index >= 15 is 0 Å². The Kier molecular flexibility index (Phi) is 6.13. The summed E-state index contributed by atoms with van der Waals surface area (Å²) < 4.78 is 10.4. The van der Waals surface area contributed by atoms with Crippen molar-refractivity contribution in [2.24, 2.45) is 0 Å². The van der Waals surface area contributed by atoms with Crippen LogP contribution in [-0.2, 0) is 7.73 Å². The van der Waals surface area contributed by atoms with Crippen molar-refractivity contribution in [3.8, 4) is 11.5 Å². The van der Waals surface area contributed by atoms with E-state index in [1.54, 1.807) is 6.07 Å². The van der Waals surface area contributed by atoms with Gasteiger partial charge in [0.2, 0.25) is 0 Å². The summed E-state index contributed by atoms with van der Waals surface area (Å²) in [6, 6.07) is 8.95. The number of ether oxygens (including phenoxy) is 1. The van der Waals surface area contributed by atoms with Crippen molar-refractivity contribution in [2.75, 3.05) is 26.3 Å². The summed E-state index contributed by atoms with van der Waals surface area (Å²) in [5, 5.41) is 9.05. The van der Waals surface area contributed by atoms with Crippen LogP contribution in [0.25, 0.3) is 0 Å². The fourth-order valence-corrected chi connectivity index (χ4v) is 3.86. The van der Waals surface area contributed by atoms with Gasteiger partial charge in [0, 0.05) is 0 Å². The summed E-state index contributed by atoms with van der Waals surface area (Å²) in [7, 11) is 0. The normalized spacial score (nSPS) is 15.0. The van der Waals surface area contributed by atoms with Gasteiger partial charge in [-0.25, -0.2) is 0 Å². The molecule has 2 aliphatic rings. The van der Waals surface area contributed by atoms with E-state index in [9.17, 15) is 19.2 Å². The molecule has 31 heavy (non-hydrogen) atoms. The third-order valence-electron chi connectivity index (χ3n) is 4.91. The van der Waals surface area contributed by atoms with Gasteiger partial charge in [-0.1, -0.05) is 0 Å². The number of hydrogen-bond donors (Lipinski definition) is 1. The zero-order chi connectivity index (χ0) is 22.1. The number of β-amino-alcohol motifs (C(OH)–C–C–N with tert-alkyl or cyclic N) is 1. The SMILES string of the molecule is O=C1c2ccc(Oc3ccc4c(c3)C(=O)N(CCO[O][Tl])C4=O)cc2C(=O)N1CCO. The minimum atomic E-state index is -0.508. The van der Waals surface area contributed by atoms with Crippen molar-refractivity contribution in [1.29, 1.82) is 0 Å². The Morgan fingerprint density at radius 3 is 1.71 bits per heavy atom. The number of nitrogens with zero attached hydrogens (tertiary/aromatic N) is 2. The third kappa shape index (κ3) is 3.87. The molecular weight excluding hydrogens is 601 g/mol. The molecule has 156 valence electrons. The number of aliphatic hydroxyl groups excluding tert-OH is 1. The van der Waals surface area contributed by atoms with E-state index in [0.717, 1.165) is 9.80 Å². The molecule has 2 heterocycles. The van der Waals surface area contributed by atoms with Crippen LogP contribution in [-0.4, -0.2) is 91.1 Å². The van der Waals surface area contributed by atoms with Crippen molar-refractivity contribution in [1.82, 2.24) is 9.80 Å². The van der Waals surface area contributed by atoms with Crippen LogP contribution in [0.1, 0.15) is 41.4 Å². The van der Waals surface area contributed by atoms with Gasteiger partial charge in [-0.05, 0) is 6.07 Å². The number of fused-ring (bicyclic) bond motifs is 2. The third-order valence-corrected chi connectivity index (χ3v) is 5.44. The fourth-order valence-electron chi connectivity index (χ4n) is 3.49. The van der Waals surface area contributed by atoms with E-state index in [1.165, 1.54) is 30.3 Å². The van der Waals surface area contributed by atoms with Crippen LogP contribution < -0.4 is 4.74 Å². The smallest absolute Gasteiger partial charge is 0.395 e. The number of aliphatic hydroxyl groups is 1. The van der Waals surface area contributed by atoms with Gasteiger partial charge in [-0.3, -0.25) is 14.5 Å². The molecule has 2 aromatic rings. The van der Waals surface area contributed by atoms with Crippen molar-refractivity contribution in [3.05, 3.63) is 58.7 Å². The molecule has 2 aromatic carbocycles. The Labute approximate surface area is 192 Å². The standard InChI is InChI=1S/C20H16N2O8.Tl/c23-7-5-21-17(24)13-3-1-11(9-15(13)19(21)26)30-12-2-4-14-16(10-12)20(27)22(18(14)25)6-8-29-28;/h1-4,9-10,23,28H,5-8H2;/q;+1/p-1. The molecule has 0 atom stereocenters. The predicted molar refractivity (Wildman–Crippen MR) is 104 cm³/mol. The Morgan fingerprint density at radius 1 is 0.742 bits per heavy atom. The maximum atomic E-state index is 12.6. The molecule has 0 saturated carbocycles. The number of rotatable bonds is 8. The molecule has 4 rings (SSSR count). The summed E-state index contributed by atoms with van der Waals surface area (Å²) in [5.41, 5.74) is 0.882. The molecule has 4 amide bonds. The molecule has 0 aliphatic carbocycles. The number of carbonyl (C=O) groups is 4. The summed E-state index contributed by atoms with van der Waals surface area (Å²) in [6.45, 7) is -0.258. The first-order valence-corrected chi connectivity index (χ1v) is 11.1.